The summed E-state index contributed by atoms with van der Waals surface area (Å²) in [5.74, 6) is 1.29. The fourth-order valence-electron chi connectivity index (χ4n) is 2.90. The SMILES string of the molecule is CN1CCOC(c2noc(C3NCCc4sccc43)n2)C1. The molecule has 2 unspecified atom stereocenters. The summed E-state index contributed by atoms with van der Waals surface area (Å²) in [6.45, 7) is 3.41. The van der Waals surface area contributed by atoms with E-state index in [1.54, 1.807) is 11.3 Å². The minimum absolute atomic E-state index is 0.0163. The highest BCUT2D eigenvalue weighted by molar-refractivity contribution is 7.10. The van der Waals surface area contributed by atoms with E-state index < -0.39 is 0 Å². The lowest BCUT2D eigenvalue weighted by Gasteiger charge is -2.27. The lowest BCUT2D eigenvalue weighted by Crippen LogP contribution is -2.35. The van der Waals surface area contributed by atoms with Crippen LogP contribution in [0.3, 0.4) is 0 Å². The van der Waals surface area contributed by atoms with E-state index in [4.69, 9.17) is 9.26 Å². The van der Waals surface area contributed by atoms with E-state index in [-0.39, 0.29) is 12.1 Å². The van der Waals surface area contributed by atoms with Crippen LogP contribution < -0.4 is 5.32 Å². The number of thiophene rings is 1. The number of aromatic nitrogens is 2. The molecule has 2 aromatic rings. The maximum Gasteiger partial charge on any atom is 0.248 e. The number of fused-ring (bicyclic) bond motifs is 1. The molecule has 7 heteroatoms. The zero-order chi connectivity index (χ0) is 14.2. The molecular weight excluding hydrogens is 288 g/mol. The Morgan fingerprint density at radius 1 is 1.48 bits per heavy atom. The largest absolute Gasteiger partial charge is 0.367 e. The van der Waals surface area contributed by atoms with Gasteiger partial charge in [0.05, 0.1) is 6.61 Å². The van der Waals surface area contributed by atoms with Crippen LogP contribution in [0.2, 0.25) is 0 Å². The standard InChI is InChI=1S/C14H18N4O2S/c1-18-5-6-19-10(8-18)13-16-14(20-17-13)12-9-3-7-21-11(9)2-4-15-12/h3,7,10,12,15H,2,4-6,8H2,1H3. The summed E-state index contributed by atoms with van der Waals surface area (Å²) < 4.78 is 11.2. The van der Waals surface area contributed by atoms with E-state index in [0.717, 1.165) is 26.1 Å². The number of hydrogen-bond donors (Lipinski definition) is 1. The summed E-state index contributed by atoms with van der Waals surface area (Å²) in [5, 5.41) is 9.72. The number of ether oxygens (including phenoxy) is 1. The highest BCUT2D eigenvalue weighted by atomic mass is 32.1. The molecule has 0 aliphatic carbocycles. The van der Waals surface area contributed by atoms with Gasteiger partial charge in [0, 0.05) is 24.5 Å². The molecule has 1 fully saturated rings. The number of rotatable bonds is 2. The van der Waals surface area contributed by atoms with E-state index in [2.05, 4.69) is 38.9 Å². The summed E-state index contributed by atoms with van der Waals surface area (Å²) in [5.41, 5.74) is 1.27. The highest BCUT2D eigenvalue weighted by Gasteiger charge is 2.30. The van der Waals surface area contributed by atoms with Gasteiger partial charge in [-0.1, -0.05) is 5.16 Å². The van der Waals surface area contributed by atoms with Crippen molar-refractivity contribution in [3.8, 4) is 0 Å². The molecule has 0 amide bonds. The first-order chi connectivity index (χ1) is 10.3. The van der Waals surface area contributed by atoms with Crippen molar-refractivity contribution in [2.24, 2.45) is 0 Å². The van der Waals surface area contributed by atoms with Crippen LogP contribution in [0.15, 0.2) is 16.0 Å². The van der Waals surface area contributed by atoms with Crippen LogP contribution in [0.1, 0.15) is 34.3 Å². The first-order valence-electron chi connectivity index (χ1n) is 7.24. The van der Waals surface area contributed by atoms with Crippen LogP contribution in [0.5, 0.6) is 0 Å². The van der Waals surface area contributed by atoms with E-state index in [1.165, 1.54) is 10.4 Å². The fourth-order valence-corrected chi connectivity index (χ4v) is 3.82. The first kappa shape index (κ1) is 13.4. The Morgan fingerprint density at radius 3 is 3.33 bits per heavy atom. The minimum atomic E-state index is -0.0909. The molecule has 2 aliphatic heterocycles. The third kappa shape index (κ3) is 2.50. The maximum absolute atomic E-state index is 5.74. The molecule has 0 bridgehead atoms. The molecule has 112 valence electrons. The van der Waals surface area contributed by atoms with Gasteiger partial charge in [-0.05, 0) is 30.5 Å². The number of likely N-dealkylation sites (N-methyl/N-ethyl adjacent to an activating group) is 1. The maximum atomic E-state index is 5.74. The average Bonchev–Trinajstić information content (AvgIpc) is 3.16. The molecule has 6 nitrogen and oxygen atoms in total. The molecule has 0 radical (unpaired) electrons. The van der Waals surface area contributed by atoms with Crippen LogP contribution in [0.25, 0.3) is 0 Å². The van der Waals surface area contributed by atoms with Crippen molar-refractivity contribution in [2.75, 3.05) is 33.3 Å². The summed E-state index contributed by atoms with van der Waals surface area (Å²) in [4.78, 5) is 8.21. The Morgan fingerprint density at radius 2 is 2.43 bits per heavy atom. The number of nitrogens with one attached hydrogen (secondary N) is 1. The van der Waals surface area contributed by atoms with Gasteiger partial charge < -0.3 is 19.5 Å². The molecule has 0 spiro atoms. The van der Waals surface area contributed by atoms with Gasteiger partial charge >= 0.3 is 0 Å². The van der Waals surface area contributed by atoms with Crippen molar-refractivity contribution in [3.63, 3.8) is 0 Å². The first-order valence-corrected chi connectivity index (χ1v) is 8.12. The van der Waals surface area contributed by atoms with Crippen LogP contribution in [-0.4, -0.2) is 48.3 Å². The van der Waals surface area contributed by atoms with E-state index in [1.807, 2.05) is 0 Å². The van der Waals surface area contributed by atoms with Crippen molar-refractivity contribution in [3.05, 3.63) is 33.6 Å². The quantitative estimate of drug-likeness (QED) is 0.904. The Labute approximate surface area is 127 Å². The van der Waals surface area contributed by atoms with Crippen LogP contribution >= 0.6 is 11.3 Å². The number of hydrogen-bond acceptors (Lipinski definition) is 7. The zero-order valence-corrected chi connectivity index (χ0v) is 12.7. The molecule has 21 heavy (non-hydrogen) atoms. The lowest BCUT2D eigenvalue weighted by molar-refractivity contribution is -0.0264. The summed E-state index contributed by atoms with van der Waals surface area (Å²) >= 11 is 1.80. The predicted octanol–water partition coefficient (Wildman–Crippen LogP) is 1.37. The van der Waals surface area contributed by atoms with Gasteiger partial charge in [-0.2, -0.15) is 4.98 Å². The molecule has 1 N–H and O–H groups in total. The second-order valence-corrected chi connectivity index (χ2v) is 6.55. The van der Waals surface area contributed by atoms with Gasteiger partial charge in [0.1, 0.15) is 12.1 Å². The van der Waals surface area contributed by atoms with Gasteiger partial charge in [0.25, 0.3) is 0 Å². The molecule has 0 aromatic carbocycles. The Balaban J connectivity index is 1.58. The molecule has 4 rings (SSSR count). The number of nitrogens with zero attached hydrogens (tertiary/aromatic N) is 3. The second-order valence-electron chi connectivity index (χ2n) is 5.55. The highest BCUT2D eigenvalue weighted by Crippen LogP contribution is 2.32. The van der Waals surface area contributed by atoms with Gasteiger partial charge in [-0.25, -0.2) is 0 Å². The van der Waals surface area contributed by atoms with Crippen molar-refractivity contribution in [1.82, 2.24) is 20.4 Å². The Bertz CT molecular complexity index is 626. The fraction of sp³-hybridized carbons (Fsp3) is 0.571. The lowest BCUT2D eigenvalue weighted by atomic mass is 10.0. The predicted molar refractivity (Wildman–Crippen MR) is 78.4 cm³/mol. The molecule has 4 heterocycles. The molecule has 2 aromatic heterocycles. The van der Waals surface area contributed by atoms with Crippen molar-refractivity contribution >= 4 is 11.3 Å². The molecule has 2 aliphatic rings. The summed E-state index contributed by atoms with van der Waals surface area (Å²) in [6.07, 6.45) is 0.980. The van der Waals surface area contributed by atoms with Crippen molar-refractivity contribution in [1.29, 1.82) is 0 Å². The van der Waals surface area contributed by atoms with Gasteiger partial charge in [-0.3, -0.25) is 0 Å². The molecule has 1 saturated heterocycles. The third-order valence-electron chi connectivity index (χ3n) is 4.05. The van der Waals surface area contributed by atoms with Crippen molar-refractivity contribution < 1.29 is 9.26 Å². The topological polar surface area (TPSA) is 63.4 Å². The Kier molecular flexibility index (Phi) is 3.50. The van der Waals surface area contributed by atoms with Gasteiger partial charge in [0.15, 0.2) is 0 Å². The molecular formula is C14H18N4O2S. The van der Waals surface area contributed by atoms with Crippen LogP contribution in [0.4, 0.5) is 0 Å². The monoisotopic (exact) mass is 306 g/mol. The van der Waals surface area contributed by atoms with Crippen LogP contribution in [-0.2, 0) is 11.2 Å². The Hall–Kier alpha value is -1.28. The smallest absolute Gasteiger partial charge is 0.248 e. The minimum Gasteiger partial charge on any atom is -0.367 e. The molecule has 0 saturated carbocycles. The van der Waals surface area contributed by atoms with E-state index in [0.29, 0.717) is 18.3 Å². The average molecular weight is 306 g/mol. The number of morpholine rings is 1. The summed E-state index contributed by atoms with van der Waals surface area (Å²) in [7, 11) is 2.08. The molecule has 2 atom stereocenters. The summed E-state index contributed by atoms with van der Waals surface area (Å²) in [6, 6.07) is 2.16. The second kappa shape index (κ2) is 5.49. The van der Waals surface area contributed by atoms with E-state index in [9.17, 15) is 0 Å². The van der Waals surface area contributed by atoms with Crippen LogP contribution in [0, 0.1) is 0 Å². The van der Waals surface area contributed by atoms with Gasteiger partial charge in [-0.15, -0.1) is 11.3 Å². The van der Waals surface area contributed by atoms with Crippen molar-refractivity contribution in [2.45, 2.75) is 18.6 Å². The third-order valence-corrected chi connectivity index (χ3v) is 5.05. The van der Waals surface area contributed by atoms with E-state index >= 15 is 0 Å². The van der Waals surface area contributed by atoms with Gasteiger partial charge in [0.2, 0.25) is 11.7 Å². The normalized spacial score (nSPS) is 26.7. The zero-order valence-electron chi connectivity index (χ0n) is 11.9.